The predicted octanol–water partition coefficient (Wildman–Crippen LogP) is 2.97. The number of carbonyl (C=O) groups excluding carboxylic acids is 1. The molecule has 2 N–H and O–H groups in total. The maximum absolute atomic E-state index is 12.5. The Morgan fingerprint density at radius 3 is 2.79 bits per heavy atom. The quantitative estimate of drug-likeness (QED) is 0.805. The van der Waals surface area contributed by atoms with Gasteiger partial charge in [-0.2, -0.15) is 0 Å². The minimum Gasteiger partial charge on any atom is -0.495 e. The Labute approximate surface area is 146 Å². The summed E-state index contributed by atoms with van der Waals surface area (Å²) in [6.07, 6.45) is 1.60. The van der Waals surface area contributed by atoms with E-state index in [9.17, 15) is 4.79 Å². The van der Waals surface area contributed by atoms with Crippen LogP contribution in [0.15, 0.2) is 36.5 Å². The number of pyridine rings is 1. The Morgan fingerprint density at radius 2 is 2.08 bits per heavy atom. The third-order valence-electron chi connectivity index (χ3n) is 3.30. The van der Waals surface area contributed by atoms with Crippen molar-refractivity contribution in [1.82, 2.24) is 9.88 Å². The van der Waals surface area contributed by atoms with Gasteiger partial charge in [-0.25, -0.2) is 4.98 Å². The number of benzene rings is 1. The summed E-state index contributed by atoms with van der Waals surface area (Å²) in [7, 11) is 5.53. The Bertz CT molecular complexity index is 707. The first kappa shape index (κ1) is 18.0. The van der Waals surface area contributed by atoms with Crippen LogP contribution in [-0.2, 0) is 0 Å². The van der Waals surface area contributed by atoms with E-state index in [-0.39, 0.29) is 5.91 Å². The number of hydrogen-bond donors (Lipinski definition) is 2. The molecule has 0 unspecified atom stereocenters. The zero-order valence-electron chi connectivity index (χ0n) is 14.0. The van der Waals surface area contributed by atoms with Gasteiger partial charge in [0.15, 0.2) is 0 Å². The number of hydrogen-bond acceptors (Lipinski definition) is 5. The van der Waals surface area contributed by atoms with Crippen LogP contribution < -0.4 is 15.4 Å². The second-order valence-electron chi connectivity index (χ2n) is 5.46. The normalized spacial score (nSPS) is 10.5. The monoisotopic (exact) mass is 348 g/mol. The number of likely N-dealkylation sites (N-methyl/N-ethyl adjacent to an activating group) is 1. The van der Waals surface area contributed by atoms with Gasteiger partial charge in [0.25, 0.3) is 5.91 Å². The van der Waals surface area contributed by atoms with Crippen LogP contribution in [0.1, 0.15) is 10.4 Å². The average molecular weight is 349 g/mol. The van der Waals surface area contributed by atoms with E-state index in [0.29, 0.717) is 27.8 Å². The van der Waals surface area contributed by atoms with Gasteiger partial charge in [0, 0.05) is 29.9 Å². The summed E-state index contributed by atoms with van der Waals surface area (Å²) >= 11 is 5.98. The highest BCUT2D eigenvalue weighted by Crippen LogP contribution is 2.28. The van der Waals surface area contributed by atoms with Gasteiger partial charge >= 0.3 is 0 Å². The number of nitrogens with one attached hydrogen (secondary N) is 2. The summed E-state index contributed by atoms with van der Waals surface area (Å²) in [5.74, 6) is 0.947. The third-order valence-corrected chi connectivity index (χ3v) is 3.53. The number of rotatable bonds is 7. The minimum atomic E-state index is -0.256. The SMILES string of the molecule is COc1ccc(Cl)cc1NC(=O)c1ccnc(NCCN(C)C)c1. The van der Waals surface area contributed by atoms with Crippen LogP contribution >= 0.6 is 11.6 Å². The lowest BCUT2D eigenvalue weighted by atomic mass is 10.2. The van der Waals surface area contributed by atoms with Gasteiger partial charge in [-0.1, -0.05) is 11.6 Å². The van der Waals surface area contributed by atoms with E-state index in [1.54, 1.807) is 36.5 Å². The van der Waals surface area contributed by atoms with E-state index in [4.69, 9.17) is 16.3 Å². The zero-order chi connectivity index (χ0) is 17.5. The number of aromatic nitrogens is 1. The third kappa shape index (κ3) is 5.11. The van der Waals surface area contributed by atoms with E-state index in [1.807, 2.05) is 14.1 Å². The smallest absolute Gasteiger partial charge is 0.255 e. The molecule has 6 nitrogen and oxygen atoms in total. The van der Waals surface area contributed by atoms with Gasteiger partial charge in [0.1, 0.15) is 11.6 Å². The van der Waals surface area contributed by atoms with Crippen molar-refractivity contribution in [1.29, 1.82) is 0 Å². The molecule has 0 saturated heterocycles. The topological polar surface area (TPSA) is 66.5 Å². The number of ether oxygens (including phenoxy) is 1. The molecule has 1 aromatic carbocycles. The molecule has 0 saturated carbocycles. The first-order chi connectivity index (χ1) is 11.5. The highest BCUT2D eigenvalue weighted by atomic mass is 35.5. The van der Waals surface area contributed by atoms with Crippen molar-refractivity contribution in [2.75, 3.05) is 44.9 Å². The summed E-state index contributed by atoms with van der Waals surface area (Å²) in [4.78, 5) is 18.7. The van der Waals surface area contributed by atoms with E-state index >= 15 is 0 Å². The number of amides is 1. The first-order valence-corrected chi connectivity index (χ1v) is 7.87. The van der Waals surface area contributed by atoms with E-state index in [1.165, 1.54) is 7.11 Å². The number of carbonyl (C=O) groups is 1. The second-order valence-corrected chi connectivity index (χ2v) is 5.89. The Kier molecular flexibility index (Phi) is 6.40. The van der Waals surface area contributed by atoms with E-state index in [0.717, 1.165) is 13.1 Å². The molecule has 1 heterocycles. The Hall–Kier alpha value is -2.31. The van der Waals surface area contributed by atoms with Crippen LogP contribution in [0.25, 0.3) is 0 Å². The van der Waals surface area contributed by atoms with Crippen LogP contribution in [0.5, 0.6) is 5.75 Å². The molecule has 2 aromatic rings. The fourth-order valence-corrected chi connectivity index (χ4v) is 2.22. The van der Waals surface area contributed by atoms with Crippen molar-refractivity contribution in [2.45, 2.75) is 0 Å². The molecular weight excluding hydrogens is 328 g/mol. The molecule has 7 heteroatoms. The number of methoxy groups -OCH3 is 1. The van der Waals surface area contributed by atoms with Crippen LogP contribution in [0.2, 0.25) is 5.02 Å². The maximum Gasteiger partial charge on any atom is 0.255 e. The number of anilines is 2. The Balaban J connectivity index is 2.08. The molecule has 0 atom stereocenters. The van der Waals surface area contributed by atoms with Crippen LogP contribution in [0, 0.1) is 0 Å². The summed E-state index contributed by atoms with van der Waals surface area (Å²) < 4.78 is 5.23. The minimum absolute atomic E-state index is 0.256. The van der Waals surface area contributed by atoms with Gasteiger partial charge in [0.2, 0.25) is 0 Å². The molecule has 128 valence electrons. The largest absolute Gasteiger partial charge is 0.495 e. The van der Waals surface area contributed by atoms with Crippen molar-refractivity contribution in [2.24, 2.45) is 0 Å². The fourth-order valence-electron chi connectivity index (χ4n) is 2.05. The van der Waals surface area contributed by atoms with Gasteiger partial charge in [0.05, 0.1) is 12.8 Å². The van der Waals surface area contributed by atoms with Gasteiger partial charge in [-0.05, 0) is 44.4 Å². The highest BCUT2D eigenvalue weighted by molar-refractivity contribution is 6.31. The lowest BCUT2D eigenvalue weighted by Gasteiger charge is -2.12. The van der Waals surface area contributed by atoms with Crippen molar-refractivity contribution >= 4 is 29.0 Å². The molecule has 2 rings (SSSR count). The first-order valence-electron chi connectivity index (χ1n) is 7.49. The molecule has 0 radical (unpaired) electrons. The molecule has 0 bridgehead atoms. The van der Waals surface area contributed by atoms with Crippen molar-refractivity contribution in [3.63, 3.8) is 0 Å². The molecule has 0 spiro atoms. The molecule has 0 aliphatic carbocycles. The molecule has 0 fully saturated rings. The average Bonchev–Trinajstić information content (AvgIpc) is 2.55. The molecule has 0 aliphatic rings. The summed E-state index contributed by atoms with van der Waals surface area (Å²) in [6.45, 7) is 1.62. The molecule has 24 heavy (non-hydrogen) atoms. The van der Waals surface area contributed by atoms with Crippen molar-refractivity contribution < 1.29 is 9.53 Å². The van der Waals surface area contributed by atoms with Crippen LogP contribution in [-0.4, -0.2) is 50.1 Å². The second kappa shape index (κ2) is 8.52. The van der Waals surface area contributed by atoms with Crippen molar-refractivity contribution in [3.05, 3.63) is 47.1 Å². The fraction of sp³-hybridized carbons (Fsp3) is 0.294. The van der Waals surface area contributed by atoms with Crippen LogP contribution in [0.4, 0.5) is 11.5 Å². The molecule has 1 aromatic heterocycles. The van der Waals surface area contributed by atoms with Crippen LogP contribution in [0.3, 0.4) is 0 Å². The van der Waals surface area contributed by atoms with E-state index in [2.05, 4.69) is 20.5 Å². The lowest BCUT2D eigenvalue weighted by Crippen LogP contribution is -2.21. The molecule has 1 amide bonds. The highest BCUT2D eigenvalue weighted by Gasteiger charge is 2.11. The molecular formula is C17H21ClN4O2. The zero-order valence-corrected chi connectivity index (χ0v) is 14.7. The van der Waals surface area contributed by atoms with Gasteiger partial charge in [-0.3, -0.25) is 4.79 Å². The summed E-state index contributed by atoms with van der Waals surface area (Å²) in [6, 6.07) is 8.43. The molecule has 0 aliphatic heterocycles. The predicted molar refractivity (Wildman–Crippen MR) is 97.2 cm³/mol. The van der Waals surface area contributed by atoms with Gasteiger partial charge in [-0.15, -0.1) is 0 Å². The maximum atomic E-state index is 12.5. The van der Waals surface area contributed by atoms with Gasteiger partial charge < -0.3 is 20.3 Å². The number of halogens is 1. The van der Waals surface area contributed by atoms with E-state index < -0.39 is 0 Å². The Morgan fingerprint density at radius 1 is 1.29 bits per heavy atom. The summed E-state index contributed by atoms with van der Waals surface area (Å²) in [5, 5.41) is 6.52. The van der Waals surface area contributed by atoms with Crippen molar-refractivity contribution in [3.8, 4) is 5.75 Å². The standard InChI is InChI=1S/C17H21ClN4O2/c1-22(2)9-8-20-16-10-12(6-7-19-16)17(23)21-14-11-13(18)4-5-15(14)24-3/h4-7,10-11H,8-9H2,1-3H3,(H,19,20)(H,21,23). The lowest BCUT2D eigenvalue weighted by molar-refractivity contribution is 0.102. The number of nitrogens with zero attached hydrogens (tertiary/aromatic N) is 2. The summed E-state index contributed by atoms with van der Waals surface area (Å²) in [5.41, 5.74) is 1.02.